The molecule has 39 heavy (non-hydrogen) atoms. The number of aromatic amines is 1. The summed E-state index contributed by atoms with van der Waals surface area (Å²) in [4.78, 5) is 15.7. The minimum absolute atomic E-state index is 0. The molecule has 0 saturated heterocycles. The number of halogens is 2. The zero-order valence-electron chi connectivity index (χ0n) is 21.8. The molecule has 1 aliphatic carbocycles. The number of aryl methyl sites for hydroxylation is 1. The Labute approximate surface area is 239 Å². The SMILES string of the molecule is Br.Fc1ccccc1CNCc1ccc(CN(Cc2nc3ccccc3[nH]2)C2CCCc3cccnc32)cc1. The van der Waals surface area contributed by atoms with E-state index in [1.54, 1.807) is 6.07 Å². The fourth-order valence-corrected chi connectivity index (χ4v) is 5.47. The van der Waals surface area contributed by atoms with Crippen molar-refractivity contribution in [3.8, 4) is 0 Å². The summed E-state index contributed by atoms with van der Waals surface area (Å²) in [5.74, 6) is 0.807. The maximum Gasteiger partial charge on any atom is 0.127 e. The van der Waals surface area contributed by atoms with Gasteiger partial charge in [0, 0.05) is 31.4 Å². The highest BCUT2D eigenvalue weighted by molar-refractivity contribution is 8.93. The topological polar surface area (TPSA) is 56.8 Å². The minimum atomic E-state index is -0.168. The van der Waals surface area contributed by atoms with E-state index in [2.05, 4.69) is 57.7 Å². The molecule has 5 aromatic rings. The van der Waals surface area contributed by atoms with Gasteiger partial charge >= 0.3 is 0 Å². The number of hydrogen-bond acceptors (Lipinski definition) is 4. The van der Waals surface area contributed by atoms with Crippen LogP contribution in [0, 0.1) is 5.82 Å². The Morgan fingerprint density at radius 2 is 1.67 bits per heavy atom. The van der Waals surface area contributed by atoms with Crippen LogP contribution in [0.4, 0.5) is 4.39 Å². The Morgan fingerprint density at radius 3 is 2.51 bits per heavy atom. The standard InChI is InChI=1S/C32H32FN5.BrH/c33-27-10-2-1-7-26(27)20-34-19-23-14-16-24(17-15-23)21-38(22-31-36-28-11-3-4-12-29(28)37-31)30-13-5-8-25-9-6-18-35-32(25)30;/h1-4,6-7,9-12,14-18,30,34H,5,8,13,19-22H2,(H,36,37);1H. The van der Waals surface area contributed by atoms with E-state index in [1.165, 1.54) is 28.5 Å². The van der Waals surface area contributed by atoms with Crippen LogP contribution in [-0.2, 0) is 32.6 Å². The molecule has 0 amide bonds. The predicted molar refractivity (Wildman–Crippen MR) is 159 cm³/mol. The Kier molecular flexibility index (Phi) is 8.81. The molecular formula is C32H33BrFN5. The molecule has 2 aromatic heterocycles. The number of fused-ring (bicyclic) bond motifs is 2. The highest BCUT2D eigenvalue weighted by Gasteiger charge is 2.28. The van der Waals surface area contributed by atoms with E-state index in [-0.39, 0.29) is 28.8 Å². The van der Waals surface area contributed by atoms with Gasteiger partial charge in [-0.15, -0.1) is 17.0 Å². The van der Waals surface area contributed by atoms with Gasteiger partial charge < -0.3 is 10.3 Å². The second-order valence-electron chi connectivity index (χ2n) is 10.1. The second-order valence-corrected chi connectivity index (χ2v) is 10.1. The molecule has 0 bridgehead atoms. The zero-order valence-corrected chi connectivity index (χ0v) is 23.5. The lowest BCUT2D eigenvalue weighted by Gasteiger charge is -2.34. The van der Waals surface area contributed by atoms with Gasteiger partial charge in [-0.2, -0.15) is 0 Å². The van der Waals surface area contributed by atoms with Crippen LogP contribution < -0.4 is 5.32 Å². The van der Waals surface area contributed by atoms with E-state index in [0.29, 0.717) is 18.7 Å². The molecule has 3 aromatic carbocycles. The van der Waals surface area contributed by atoms with Gasteiger partial charge in [-0.05, 0) is 60.2 Å². The molecule has 0 radical (unpaired) electrons. The average molecular weight is 587 g/mol. The molecule has 5 nitrogen and oxygen atoms in total. The number of benzene rings is 3. The number of H-pyrrole nitrogens is 1. The van der Waals surface area contributed by atoms with Crippen LogP contribution in [0.2, 0.25) is 0 Å². The number of aromatic nitrogens is 3. The molecule has 1 unspecified atom stereocenters. The summed E-state index contributed by atoms with van der Waals surface area (Å²) in [5, 5.41) is 3.36. The van der Waals surface area contributed by atoms with Crippen LogP contribution in [0.5, 0.6) is 0 Å². The third-order valence-electron chi connectivity index (χ3n) is 7.41. The first kappa shape index (κ1) is 27.2. The van der Waals surface area contributed by atoms with Gasteiger partial charge in [-0.1, -0.05) is 60.7 Å². The Balaban J connectivity index is 0.00000308. The van der Waals surface area contributed by atoms with Crippen molar-refractivity contribution in [2.45, 2.75) is 51.5 Å². The number of hydrogen-bond donors (Lipinski definition) is 2. The van der Waals surface area contributed by atoms with Crippen LogP contribution in [0.25, 0.3) is 11.0 Å². The Morgan fingerprint density at radius 1 is 0.872 bits per heavy atom. The van der Waals surface area contributed by atoms with Crippen molar-refractivity contribution in [2.75, 3.05) is 0 Å². The highest BCUT2D eigenvalue weighted by atomic mass is 79.9. The van der Waals surface area contributed by atoms with Gasteiger partial charge in [0.2, 0.25) is 0 Å². The number of imidazole rings is 1. The minimum Gasteiger partial charge on any atom is -0.341 e. The third kappa shape index (κ3) is 6.44. The van der Waals surface area contributed by atoms with Crippen molar-refractivity contribution in [3.05, 3.63) is 131 Å². The molecule has 0 saturated carbocycles. The van der Waals surface area contributed by atoms with Gasteiger partial charge in [0.25, 0.3) is 0 Å². The van der Waals surface area contributed by atoms with Gasteiger partial charge in [0.15, 0.2) is 0 Å². The summed E-state index contributed by atoms with van der Waals surface area (Å²) in [6, 6.07) is 28.3. The van der Waals surface area contributed by atoms with Gasteiger partial charge in [-0.25, -0.2) is 9.37 Å². The lowest BCUT2D eigenvalue weighted by molar-refractivity contribution is 0.153. The molecule has 0 aliphatic heterocycles. The number of pyridine rings is 1. The highest BCUT2D eigenvalue weighted by Crippen LogP contribution is 2.34. The fraction of sp³-hybridized carbons (Fsp3) is 0.250. The lowest BCUT2D eigenvalue weighted by Crippen LogP contribution is -2.31. The number of nitrogens with one attached hydrogen (secondary N) is 2. The third-order valence-corrected chi connectivity index (χ3v) is 7.41. The number of nitrogens with zero attached hydrogens (tertiary/aromatic N) is 3. The monoisotopic (exact) mass is 585 g/mol. The van der Waals surface area contributed by atoms with E-state index in [1.807, 2.05) is 36.5 Å². The largest absolute Gasteiger partial charge is 0.341 e. The summed E-state index contributed by atoms with van der Waals surface area (Å²) in [7, 11) is 0. The molecule has 1 atom stereocenters. The molecular weight excluding hydrogens is 553 g/mol. The van der Waals surface area contributed by atoms with E-state index in [0.717, 1.165) is 49.2 Å². The van der Waals surface area contributed by atoms with E-state index in [9.17, 15) is 4.39 Å². The van der Waals surface area contributed by atoms with Crippen LogP contribution in [0.3, 0.4) is 0 Å². The van der Waals surface area contributed by atoms with Crippen molar-refractivity contribution in [1.29, 1.82) is 0 Å². The van der Waals surface area contributed by atoms with Gasteiger partial charge in [0.1, 0.15) is 11.6 Å². The van der Waals surface area contributed by atoms with Gasteiger partial charge in [0.05, 0.1) is 29.3 Å². The summed E-state index contributed by atoms with van der Waals surface area (Å²) in [5.41, 5.74) is 7.74. The van der Waals surface area contributed by atoms with E-state index in [4.69, 9.17) is 9.97 Å². The zero-order chi connectivity index (χ0) is 25.7. The van der Waals surface area contributed by atoms with Crippen molar-refractivity contribution in [3.63, 3.8) is 0 Å². The summed E-state index contributed by atoms with van der Waals surface area (Å²) in [6.45, 7) is 2.73. The van der Waals surface area contributed by atoms with Crippen molar-refractivity contribution < 1.29 is 4.39 Å². The van der Waals surface area contributed by atoms with Crippen LogP contribution in [0.15, 0.2) is 91.1 Å². The molecule has 200 valence electrons. The normalized spacial score (nSPS) is 14.8. The van der Waals surface area contributed by atoms with E-state index < -0.39 is 0 Å². The van der Waals surface area contributed by atoms with Crippen LogP contribution in [0.1, 0.15) is 52.7 Å². The first-order valence-electron chi connectivity index (χ1n) is 13.4. The summed E-state index contributed by atoms with van der Waals surface area (Å²) >= 11 is 0. The Bertz CT molecular complexity index is 1480. The van der Waals surface area contributed by atoms with Crippen LogP contribution in [-0.4, -0.2) is 19.9 Å². The molecule has 0 fully saturated rings. The lowest BCUT2D eigenvalue weighted by atomic mass is 9.90. The molecule has 7 heteroatoms. The maximum atomic E-state index is 13.9. The molecule has 6 rings (SSSR count). The number of rotatable bonds is 9. The summed E-state index contributed by atoms with van der Waals surface area (Å²) in [6.07, 6.45) is 5.25. The molecule has 2 N–H and O–H groups in total. The fourth-order valence-electron chi connectivity index (χ4n) is 5.47. The predicted octanol–water partition coefficient (Wildman–Crippen LogP) is 7.04. The van der Waals surface area contributed by atoms with E-state index >= 15 is 0 Å². The average Bonchev–Trinajstić information content (AvgIpc) is 3.37. The smallest absolute Gasteiger partial charge is 0.127 e. The molecule has 1 aliphatic rings. The maximum absolute atomic E-state index is 13.9. The molecule has 0 spiro atoms. The first-order valence-corrected chi connectivity index (χ1v) is 13.4. The molecule has 2 heterocycles. The Hall–Kier alpha value is -3.39. The van der Waals surface area contributed by atoms with Crippen molar-refractivity contribution in [2.24, 2.45) is 0 Å². The van der Waals surface area contributed by atoms with Crippen LogP contribution >= 0.6 is 17.0 Å². The van der Waals surface area contributed by atoms with Crippen molar-refractivity contribution in [1.82, 2.24) is 25.2 Å². The quantitative estimate of drug-likeness (QED) is 0.195. The first-order chi connectivity index (χ1) is 18.7. The summed E-state index contributed by atoms with van der Waals surface area (Å²) < 4.78 is 13.9. The second kappa shape index (κ2) is 12.6. The van der Waals surface area contributed by atoms with Crippen molar-refractivity contribution >= 4 is 28.0 Å². The van der Waals surface area contributed by atoms with Gasteiger partial charge in [-0.3, -0.25) is 9.88 Å². The number of para-hydroxylation sites is 2.